The van der Waals surface area contributed by atoms with Gasteiger partial charge in [-0.15, -0.1) is 0 Å². The molecular weight excluding hydrogens is 256 g/mol. The highest BCUT2D eigenvalue weighted by atomic mass is 16.4. The van der Waals surface area contributed by atoms with Crippen LogP contribution in [0.2, 0.25) is 0 Å². The molecule has 2 aromatic rings. The lowest BCUT2D eigenvalue weighted by Gasteiger charge is -2.10. The molecule has 0 saturated carbocycles. The molecule has 0 spiro atoms. The fourth-order valence-electron chi connectivity index (χ4n) is 1.78. The number of amides is 1. The molecule has 108 valence electrons. The van der Waals surface area contributed by atoms with Gasteiger partial charge in [-0.2, -0.15) is 4.98 Å². The first kappa shape index (κ1) is 14.2. The van der Waals surface area contributed by atoms with Gasteiger partial charge < -0.3 is 20.8 Å². The van der Waals surface area contributed by atoms with Crippen LogP contribution in [0.4, 0.5) is 11.7 Å². The first-order chi connectivity index (χ1) is 9.60. The molecular formula is C14H20N4O2. The fourth-order valence-corrected chi connectivity index (χ4v) is 1.78. The third kappa shape index (κ3) is 3.40. The number of nitrogens with zero attached hydrogens (tertiary/aromatic N) is 1. The minimum Gasteiger partial charge on any atom is -0.423 e. The quantitative estimate of drug-likeness (QED) is 0.703. The molecule has 0 aliphatic heterocycles. The van der Waals surface area contributed by atoms with Crippen LogP contribution >= 0.6 is 0 Å². The first-order valence-electron chi connectivity index (χ1n) is 6.78. The molecule has 0 bridgehead atoms. The van der Waals surface area contributed by atoms with E-state index < -0.39 is 0 Å². The first-order valence-corrected chi connectivity index (χ1v) is 6.78. The Morgan fingerprint density at radius 1 is 1.50 bits per heavy atom. The second-order valence-corrected chi connectivity index (χ2v) is 4.77. The lowest BCUT2D eigenvalue weighted by Crippen LogP contribution is -2.32. The lowest BCUT2D eigenvalue weighted by atomic mass is 10.2. The van der Waals surface area contributed by atoms with Gasteiger partial charge in [0.15, 0.2) is 5.58 Å². The SMILES string of the molecule is CCC(C)NC(=O)CCNc1nc2c(N)cccc2o1. The summed E-state index contributed by atoms with van der Waals surface area (Å²) in [7, 11) is 0. The van der Waals surface area contributed by atoms with Gasteiger partial charge in [-0.05, 0) is 25.5 Å². The maximum absolute atomic E-state index is 11.6. The number of nitrogen functional groups attached to an aromatic ring is 1. The summed E-state index contributed by atoms with van der Waals surface area (Å²) in [5.74, 6) is 0.0162. The summed E-state index contributed by atoms with van der Waals surface area (Å²) in [6.45, 7) is 4.48. The Kier molecular flexibility index (Phi) is 4.45. The van der Waals surface area contributed by atoms with Crippen molar-refractivity contribution < 1.29 is 9.21 Å². The smallest absolute Gasteiger partial charge is 0.295 e. The number of nitrogens with one attached hydrogen (secondary N) is 2. The molecule has 0 aliphatic rings. The van der Waals surface area contributed by atoms with E-state index in [9.17, 15) is 4.79 Å². The van der Waals surface area contributed by atoms with Crippen molar-refractivity contribution in [1.29, 1.82) is 0 Å². The van der Waals surface area contributed by atoms with E-state index in [4.69, 9.17) is 10.2 Å². The predicted molar refractivity (Wildman–Crippen MR) is 79.4 cm³/mol. The minimum atomic E-state index is 0.0162. The second kappa shape index (κ2) is 6.27. The number of hydrogen-bond acceptors (Lipinski definition) is 5. The molecule has 0 saturated heterocycles. The number of fused-ring (bicyclic) bond motifs is 1. The zero-order valence-electron chi connectivity index (χ0n) is 11.8. The number of anilines is 2. The molecule has 0 fully saturated rings. The topological polar surface area (TPSA) is 93.2 Å². The lowest BCUT2D eigenvalue weighted by molar-refractivity contribution is -0.121. The number of oxazole rings is 1. The van der Waals surface area contributed by atoms with Gasteiger partial charge in [0.1, 0.15) is 5.52 Å². The summed E-state index contributed by atoms with van der Waals surface area (Å²) in [4.78, 5) is 15.9. The van der Waals surface area contributed by atoms with E-state index in [1.165, 1.54) is 0 Å². The third-order valence-corrected chi connectivity index (χ3v) is 3.10. The molecule has 20 heavy (non-hydrogen) atoms. The molecule has 1 aromatic carbocycles. The van der Waals surface area contributed by atoms with Crippen LogP contribution in [-0.2, 0) is 4.79 Å². The van der Waals surface area contributed by atoms with Gasteiger partial charge in [0, 0.05) is 19.0 Å². The number of carbonyl (C=O) groups excluding carboxylic acids is 1. The summed E-state index contributed by atoms with van der Waals surface area (Å²) in [6.07, 6.45) is 1.29. The van der Waals surface area contributed by atoms with Gasteiger partial charge >= 0.3 is 0 Å². The molecule has 1 aromatic heterocycles. The van der Waals surface area contributed by atoms with E-state index in [-0.39, 0.29) is 11.9 Å². The minimum absolute atomic E-state index is 0.0162. The zero-order valence-corrected chi connectivity index (χ0v) is 11.8. The largest absolute Gasteiger partial charge is 0.423 e. The highest BCUT2D eigenvalue weighted by molar-refractivity contribution is 5.86. The average molecular weight is 276 g/mol. The molecule has 4 N–H and O–H groups in total. The fraction of sp³-hybridized carbons (Fsp3) is 0.429. The van der Waals surface area contributed by atoms with Crippen LogP contribution in [0.15, 0.2) is 22.6 Å². The summed E-state index contributed by atoms with van der Waals surface area (Å²) < 4.78 is 5.50. The number of para-hydroxylation sites is 1. The summed E-state index contributed by atoms with van der Waals surface area (Å²) in [5, 5.41) is 5.89. The van der Waals surface area contributed by atoms with Crippen LogP contribution in [0.5, 0.6) is 0 Å². The summed E-state index contributed by atoms with van der Waals surface area (Å²) in [5.41, 5.74) is 7.65. The van der Waals surface area contributed by atoms with E-state index in [1.54, 1.807) is 12.1 Å². The Balaban J connectivity index is 1.87. The Bertz CT molecular complexity index is 594. The Labute approximate surface area is 117 Å². The average Bonchev–Trinajstić information content (AvgIpc) is 2.83. The van der Waals surface area contributed by atoms with E-state index in [0.717, 1.165) is 6.42 Å². The maximum atomic E-state index is 11.6. The molecule has 1 atom stereocenters. The van der Waals surface area contributed by atoms with Gasteiger partial charge in [0.2, 0.25) is 5.91 Å². The van der Waals surface area contributed by atoms with Crippen molar-refractivity contribution in [3.8, 4) is 0 Å². The van der Waals surface area contributed by atoms with Gasteiger partial charge in [-0.25, -0.2) is 0 Å². The molecule has 1 heterocycles. The van der Waals surface area contributed by atoms with E-state index in [0.29, 0.717) is 35.8 Å². The summed E-state index contributed by atoms with van der Waals surface area (Å²) >= 11 is 0. The monoisotopic (exact) mass is 276 g/mol. The number of hydrogen-bond donors (Lipinski definition) is 3. The van der Waals surface area contributed by atoms with Crippen molar-refractivity contribution in [1.82, 2.24) is 10.3 Å². The van der Waals surface area contributed by atoms with E-state index in [1.807, 2.05) is 19.9 Å². The normalized spacial score (nSPS) is 12.3. The van der Waals surface area contributed by atoms with Crippen molar-refractivity contribution in [3.63, 3.8) is 0 Å². The van der Waals surface area contributed by atoms with Crippen LogP contribution < -0.4 is 16.4 Å². The van der Waals surface area contributed by atoms with Crippen molar-refractivity contribution in [2.75, 3.05) is 17.6 Å². The van der Waals surface area contributed by atoms with Crippen molar-refractivity contribution >= 4 is 28.7 Å². The van der Waals surface area contributed by atoms with Gasteiger partial charge in [0.25, 0.3) is 6.01 Å². The molecule has 2 rings (SSSR count). The summed E-state index contributed by atoms with van der Waals surface area (Å²) in [6, 6.07) is 5.97. The van der Waals surface area contributed by atoms with Crippen LogP contribution in [0, 0.1) is 0 Å². The predicted octanol–water partition coefficient (Wildman–Crippen LogP) is 2.13. The second-order valence-electron chi connectivity index (χ2n) is 4.77. The Hall–Kier alpha value is -2.24. The highest BCUT2D eigenvalue weighted by Crippen LogP contribution is 2.23. The van der Waals surface area contributed by atoms with Gasteiger partial charge in [0.05, 0.1) is 5.69 Å². The molecule has 1 unspecified atom stereocenters. The van der Waals surface area contributed by atoms with Crippen LogP contribution in [-0.4, -0.2) is 23.5 Å². The Morgan fingerprint density at radius 2 is 2.30 bits per heavy atom. The van der Waals surface area contributed by atoms with E-state index >= 15 is 0 Å². The number of carbonyl (C=O) groups is 1. The highest BCUT2D eigenvalue weighted by Gasteiger charge is 2.09. The molecule has 0 radical (unpaired) electrons. The standard InChI is InChI=1S/C14H20N4O2/c1-3-9(2)17-12(19)7-8-16-14-18-13-10(15)5-4-6-11(13)20-14/h4-6,9H,3,7-8,15H2,1-2H3,(H,16,18)(H,17,19). The maximum Gasteiger partial charge on any atom is 0.295 e. The third-order valence-electron chi connectivity index (χ3n) is 3.10. The number of benzene rings is 1. The molecule has 0 aliphatic carbocycles. The van der Waals surface area contributed by atoms with Crippen molar-refractivity contribution in [3.05, 3.63) is 18.2 Å². The molecule has 1 amide bonds. The van der Waals surface area contributed by atoms with Crippen LogP contribution in [0.1, 0.15) is 26.7 Å². The Morgan fingerprint density at radius 3 is 3.00 bits per heavy atom. The molecule has 6 nitrogen and oxygen atoms in total. The van der Waals surface area contributed by atoms with Crippen molar-refractivity contribution in [2.24, 2.45) is 0 Å². The van der Waals surface area contributed by atoms with Crippen LogP contribution in [0.25, 0.3) is 11.1 Å². The molecule has 6 heteroatoms. The van der Waals surface area contributed by atoms with Crippen LogP contribution in [0.3, 0.4) is 0 Å². The van der Waals surface area contributed by atoms with E-state index in [2.05, 4.69) is 15.6 Å². The number of nitrogens with two attached hydrogens (primary N) is 1. The zero-order chi connectivity index (χ0) is 14.5. The van der Waals surface area contributed by atoms with Gasteiger partial charge in [-0.1, -0.05) is 13.0 Å². The van der Waals surface area contributed by atoms with Gasteiger partial charge in [-0.3, -0.25) is 4.79 Å². The van der Waals surface area contributed by atoms with Crippen molar-refractivity contribution in [2.45, 2.75) is 32.7 Å². The number of aromatic nitrogens is 1. The number of rotatable bonds is 6.